The molecule has 37 heteroatoms. The van der Waals surface area contributed by atoms with E-state index in [0.717, 1.165) is 7.11 Å². The second-order valence-electron chi connectivity index (χ2n) is 15.4. The summed E-state index contributed by atoms with van der Waals surface area (Å²) in [5, 5.41) is 75.9. The van der Waals surface area contributed by atoms with Gasteiger partial charge in [-0.2, -0.15) is 16.8 Å². The first kappa shape index (κ1) is 55.3. The van der Waals surface area contributed by atoms with Crippen molar-refractivity contribution in [2.24, 2.45) is 15.3 Å². The molecule has 5 saturated heterocycles. The molecule has 5 aliphatic heterocycles. The van der Waals surface area contributed by atoms with Crippen molar-refractivity contribution in [2.75, 3.05) is 13.7 Å². The normalized spacial score (nSPS) is 44.6. The van der Waals surface area contributed by atoms with E-state index in [1.165, 1.54) is 13.8 Å². The Hall–Kier alpha value is -3.63. The van der Waals surface area contributed by atoms with E-state index in [4.69, 9.17) is 63.0 Å². The number of aliphatic hydroxyl groups excluding tert-OH is 6. The summed E-state index contributed by atoms with van der Waals surface area (Å²) in [5.74, 6) is 0. The summed E-state index contributed by atoms with van der Waals surface area (Å²) in [6.45, 7) is 1.52. The van der Waals surface area contributed by atoms with Gasteiger partial charge in [-0.3, -0.25) is 9.11 Å². The van der Waals surface area contributed by atoms with E-state index in [-0.39, 0.29) is 12.6 Å². The lowest BCUT2D eigenvalue weighted by Gasteiger charge is -2.48. The van der Waals surface area contributed by atoms with Gasteiger partial charge in [-0.05, 0) is 36.9 Å². The largest absolute Gasteiger partial charge is 0.397 e. The van der Waals surface area contributed by atoms with Crippen LogP contribution in [0, 0.1) is 0 Å². The molecule has 68 heavy (non-hydrogen) atoms. The Kier molecular flexibility index (Phi) is 19.1. The molecule has 0 aromatic heterocycles. The van der Waals surface area contributed by atoms with Gasteiger partial charge in [-0.15, -0.1) is 0 Å². The lowest BCUT2D eigenvalue weighted by atomic mass is 9.95. The lowest BCUT2D eigenvalue weighted by Crippen LogP contribution is -2.66. The van der Waals surface area contributed by atoms with Crippen LogP contribution in [0.5, 0.6) is 0 Å². The van der Waals surface area contributed by atoms with E-state index >= 15 is 0 Å². The van der Waals surface area contributed by atoms with Gasteiger partial charge in [0.2, 0.25) is 0 Å². The molecule has 9 unspecified atom stereocenters. The van der Waals surface area contributed by atoms with E-state index in [1.54, 1.807) is 0 Å². The summed E-state index contributed by atoms with van der Waals surface area (Å²) in [7, 11) is -9.78. The van der Waals surface area contributed by atoms with Crippen LogP contribution < -0.4 is 0 Å². The van der Waals surface area contributed by atoms with Gasteiger partial charge in [0.1, 0.15) is 73.1 Å². The smallest absolute Gasteiger partial charge is 0.390 e. The van der Waals surface area contributed by atoms with Gasteiger partial charge in [-0.25, -0.2) is 8.37 Å². The molecular formula is C31H47N9O26S2. The highest BCUT2D eigenvalue weighted by atomic mass is 32.3. The first-order valence-corrected chi connectivity index (χ1v) is 22.5. The Bertz CT molecular complexity index is 2120. The number of hydrogen-bond donors (Lipinski definition) is 8. The van der Waals surface area contributed by atoms with E-state index in [9.17, 15) is 67.1 Å². The van der Waals surface area contributed by atoms with Crippen LogP contribution >= 0.6 is 0 Å². The molecule has 5 aliphatic rings. The number of hydrogen-bond acceptors (Lipinski definition) is 27. The Morgan fingerprint density at radius 1 is 0.588 bits per heavy atom. The molecule has 0 aromatic rings. The lowest BCUT2D eigenvalue weighted by molar-refractivity contribution is -0.360. The van der Waals surface area contributed by atoms with Gasteiger partial charge in [-0.1, -0.05) is 15.3 Å². The SMILES string of the molecule is CO[C@H]1OC(COS(=O)(=O)O)[C@@H](O[C@@H]2OC(C=O)[C@@H](O[C@H]3OC(C)[C@@H](O[C@@H]4OC(C=O)[C@@H](O[C@H]5OC(C)[C@@H](O)C(O)[C@@H]5N=[N+]=[N-])C(O)[C@@H]4O)C[C@@H]3N=[N+]=[N-])C(O)[C@@H]2OS(=O)(=O)O)C(O)[C@@H]1N=[N+]=[N-]. The van der Waals surface area contributed by atoms with Crippen LogP contribution in [0.3, 0.4) is 0 Å². The topological polar surface area (TPSA) is 521 Å². The maximum atomic E-state index is 12.5. The molecule has 384 valence electrons. The molecule has 0 spiro atoms. The van der Waals surface area contributed by atoms with Crippen LogP contribution in [-0.2, 0) is 86.1 Å². The standard InChI is InChI=1S/C31H47N9O26S2/c1-8-11(59-30-21(47)20(46)23(12(5-41)60-30)64-29-15(36-39-33)18(44)17(43)9(2)58-29)4-10(35-38-32)27(57-8)63-24-13(6-42)61-31(26(22(24)48)66-68(52,53)54)65-25-14(7-56-67(49,50)51)62-28(55-3)16(19(25)45)37-40-34/h5-6,8-31,43-48H,4,7H2,1-3H3,(H,49,50,51)(H,52,53,54)/t8?,9?,10-,11-,12?,13?,14?,15-,16-,17+,18?,19?,20?,21-,22?,23+,24+,25+,26-,27+,28-,29+,30+,31-/m0/s1. The number of azide groups is 3. The van der Waals surface area contributed by atoms with Crippen LogP contribution in [0.15, 0.2) is 15.3 Å². The summed E-state index contributed by atoms with van der Waals surface area (Å²) in [6.07, 6.45) is -38.9. The van der Waals surface area contributed by atoms with Crippen LogP contribution in [0.1, 0.15) is 20.3 Å². The number of rotatable bonds is 19. The third kappa shape index (κ3) is 13.0. The Balaban J connectivity index is 1.33. The molecular weight excluding hydrogens is 979 g/mol. The van der Waals surface area contributed by atoms with Crippen LogP contribution in [0.4, 0.5) is 0 Å². The molecule has 35 nitrogen and oxygen atoms in total. The van der Waals surface area contributed by atoms with Crippen molar-refractivity contribution < 1.29 is 122 Å². The molecule has 8 N–H and O–H groups in total. The summed E-state index contributed by atoms with van der Waals surface area (Å²) in [6, 6.07) is -4.80. The highest BCUT2D eigenvalue weighted by molar-refractivity contribution is 7.81. The molecule has 5 fully saturated rings. The molecule has 0 saturated carbocycles. The van der Waals surface area contributed by atoms with Crippen molar-refractivity contribution in [2.45, 2.75) is 168 Å². The molecule has 0 radical (unpaired) electrons. The van der Waals surface area contributed by atoms with E-state index in [1.807, 2.05) is 0 Å². The fourth-order valence-corrected chi connectivity index (χ4v) is 8.58. The van der Waals surface area contributed by atoms with Gasteiger partial charge in [0.25, 0.3) is 0 Å². The molecule has 5 rings (SSSR count). The zero-order valence-corrected chi connectivity index (χ0v) is 36.8. The van der Waals surface area contributed by atoms with E-state index in [2.05, 4.69) is 38.4 Å². The van der Waals surface area contributed by atoms with Gasteiger partial charge in [0, 0.05) is 21.8 Å². The number of aliphatic hydroxyl groups is 6. The van der Waals surface area contributed by atoms with Crippen LogP contribution in [-0.4, -0.2) is 230 Å². The Morgan fingerprint density at radius 2 is 1.13 bits per heavy atom. The number of carbonyl (C=O) groups excluding carboxylic acids is 2. The van der Waals surface area contributed by atoms with Crippen molar-refractivity contribution in [3.63, 3.8) is 0 Å². The summed E-state index contributed by atoms with van der Waals surface area (Å²) < 4.78 is 131. The average Bonchev–Trinajstić information content (AvgIpc) is 3.27. The van der Waals surface area contributed by atoms with Gasteiger partial charge < -0.3 is 87.6 Å². The zero-order chi connectivity index (χ0) is 50.4. The first-order valence-electron chi connectivity index (χ1n) is 19.8. The van der Waals surface area contributed by atoms with Gasteiger partial charge in [0.05, 0.1) is 43.2 Å². The van der Waals surface area contributed by atoms with Crippen molar-refractivity contribution in [1.82, 2.24) is 0 Å². The van der Waals surface area contributed by atoms with Crippen LogP contribution in [0.25, 0.3) is 31.3 Å². The van der Waals surface area contributed by atoms with Crippen molar-refractivity contribution in [1.29, 1.82) is 0 Å². The summed E-state index contributed by atoms with van der Waals surface area (Å²) in [5.41, 5.74) is 27.5. The molecule has 0 amide bonds. The quantitative estimate of drug-likeness (QED) is 0.0200. The Labute approximate surface area is 382 Å². The molecule has 24 atom stereocenters. The van der Waals surface area contributed by atoms with Crippen molar-refractivity contribution >= 4 is 33.4 Å². The fraction of sp³-hybridized carbons (Fsp3) is 0.935. The maximum absolute atomic E-state index is 12.5. The number of nitrogens with zero attached hydrogens (tertiary/aromatic N) is 9. The predicted octanol–water partition coefficient (Wildman–Crippen LogP) is -4.16. The molecule has 5 heterocycles. The second kappa shape index (κ2) is 23.5. The average molecular weight is 1030 g/mol. The minimum absolute atomic E-state index is 0.00199. The number of methoxy groups -OCH3 is 1. The maximum Gasteiger partial charge on any atom is 0.397 e. The second-order valence-corrected chi connectivity index (χ2v) is 17.6. The third-order valence-corrected chi connectivity index (χ3v) is 12.0. The Morgan fingerprint density at radius 3 is 1.69 bits per heavy atom. The number of aldehydes is 2. The monoisotopic (exact) mass is 1030 g/mol. The zero-order valence-electron chi connectivity index (χ0n) is 35.2. The predicted molar refractivity (Wildman–Crippen MR) is 207 cm³/mol. The number of carbonyl (C=O) groups is 2. The van der Waals surface area contributed by atoms with Gasteiger partial charge >= 0.3 is 20.8 Å². The fourth-order valence-electron chi connectivity index (χ4n) is 7.78. The first-order chi connectivity index (χ1) is 32.0. The third-order valence-electron chi connectivity index (χ3n) is 11.1. The number of ether oxygens (including phenoxy) is 10. The van der Waals surface area contributed by atoms with E-state index < -0.39 is 181 Å². The molecule has 0 bridgehead atoms. The van der Waals surface area contributed by atoms with Crippen molar-refractivity contribution in [3.8, 4) is 0 Å². The van der Waals surface area contributed by atoms with E-state index in [0.29, 0.717) is 0 Å². The summed E-state index contributed by atoms with van der Waals surface area (Å²) in [4.78, 5) is 32.6. The highest BCUT2D eigenvalue weighted by Crippen LogP contribution is 2.37. The summed E-state index contributed by atoms with van der Waals surface area (Å²) >= 11 is 0. The van der Waals surface area contributed by atoms with Gasteiger partial charge in [0.15, 0.2) is 50.1 Å². The van der Waals surface area contributed by atoms with Crippen LogP contribution in [0.2, 0.25) is 0 Å². The minimum atomic E-state index is -5.60. The molecule has 0 aliphatic carbocycles. The highest BCUT2D eigenvalue weighted by Gasteiger charge is 2.56. The molecule has 0 aromatic carbocycles. The van der Waals surface area contributed by atoms with Crippen molar-refractivity contribution in [3.05, 3.63) is 31.3 Å². The minimum Gasteiger partial charge on any atom is -0.390 e.